The van der Waals surface area contributed by atoms with E-state index in [0.717, 1.165) is 31.7 Å². The van der Waals surface area contributed by atoms with Crippen LogP contribution in [0.15, 0.2) is 18.2 Å². The Labute approximate surface area is 121 Å². The number of halogens is 4. The largest absolute Gasteiger partial charge is 0.417 e. The maximum Gasteiger partial charge on any atom is 0.417 e. The lowest BCUT2D eigenvalue weighted by Gasteiger charge is -2.13. The molecule has 0 atom stereocenters. The fourth-order valence-corrected chi connectivity index (χ4v) is 2.94. The summed E-state index contributed by atoms with van der Waals surface area (Å²) in [6.07, 6.45) is 0.790. The molecule has 1 aliphatic carbocycles. The average Bonchev–Trinajstić information content (AvgIpc) is 2.88. The van der Waals surface area contributed by atoms with E-state index in [4.69, 9.17) is 11.6 Å². The predicted molar refractivity (Wildman–Crippen MR) is 72.0 cm³/mol. The molecule has 0 bridgehead atoms. The molecular weight excluding hydrogens is 289 g/mol. The molecule has 1 aromatic carbocycles. The summed E-state index contributed by atoms with van der Waals surface area (Å²) in [6, 6.07) is 3.34. The van der Waals surface area contributed by atoms with Gasteiger partial charge in [-0.05, 0) is 30.5 Å². The Morgan fingerprint density at radius 3 is 2.50 bits per heavy atom. The van der Waals surface area contributed by atoms with Crippen molar-refractivity contribution in [1.29, 1.82) is 0 Å². The van der Waals surface area contributed by atoms with Crippen LogP contribution in [-0.2, 0) is 6.18 Å². The maximum absolute atomic E-state index is 12.9. The summed E-state index contributed by atoms with van der Waals surface area (Å²) in [7, 11) is 0. The van der Waals surface area contributed by atoms with Crippen molar-refractivity contribution in [2.75, 3.05) is 0 Å². The van der Waals surface area contributed by atoms with Crippen molar-refractivity contribution in [3.63, 3.8) is 0 Å². The number of carbonyl (C=O) groups is 1. The van der Waals surface area contributed by atoms with Gasteiger partial charge in [-0.2, -0.15) is 13.2 Å². The fraction of sp³-hybridized carbons (Fsp3) is 0.533. The van der Waals surface area contributed by atoms with Crippen molar-refractivity contribution in [2.24, 2.45) is 5.92 Å². The Balaban J connectivity index is 2.12. The van der Waals surface area contributed by atoms with E-state index in [0.29, 0.717) is 12.3 Å². The molecule has 1 fully saturated rings. The monoisotopic (exact) mass is 304 g/mol. The molecule has 1 aliphatic rings. The smallest absolute Gasteiger partial charge is 0.294 e. The quantitative estimate of drug-likeness (QED) is 0.670. The molecule has 110 valence electrons. The number of benzene rings is 1. The summed E-state index contributed by atoms with van der Waals surface area (Å²) in [4.78, 5) is 12.0. The van der Waals surface area contributed by atoms with Gasteiger partial charge in [0, 0.05) is 17.0 Å². The number of rotatable bonds is 4. The molecule has 0 spiro atoms. The Morgan fingerprint density at radius 1 is 1.25 bits per heavy atom. The van der Waals surface area contributed by atoms with Crippen molar-refractivity contribution in [2.45, 2.75) is 44.7 Å². The van der Waals surface area contributed by atoms with Crippen LogP contribution < -0.4 is 0 Å². The van der Waals surface area contributed by atoms with Gasteiger partial charge in [0.1, 0.15) is 0 Å². The molecule has 5 heteroatoms. The first kappa shape index (κ1) is 15.4. The van der Waals surface area contributed by atoms with Crippen LogP contribution in [-0.4, -0.2) is 5.78 Å². The molecule has 0 unspecified atom stereocenters. The normalized spacial score (nSPS) is 16.6. The SMILES string of the molecule is O=C(CCC1CCCC1)c1ccc(Cl)cc1C(F)(F)F. The summed E-state index contributed by atoms with van der Waals surface area (Å²) in [5.41, 5.74) is -1.19. The number of Topliss-reactive ketones (excluding diaryl/α,β-unsaturated/α-hetero) is 1. The van der Waals surface area contributed by atoms with Gasteiger partial charge in [-0.3, -0.25) is 4.79 Å². The number of ketones is 1. The molecule has 1 aromatic rings. The molecule has 1 saturated carbocycles. The average molecular weight is 305 g/mol. The molecule has 0 heterocycles. The second-order valence-corrected chi connectivity index (χ2v) is 5.74. The minimum absolute atomic E-state index is 0.00957. The predicted octanol–water partition coefficient (Wildman–Crippen LogP) is 5.51. The first-order chi connectivity index (χ1) is 9.38. The molecular formula is C15H16ClF3O. The van der Waals surface area contributed by atoms with Crippen molar-refractivity contribution < 1.29 is 18.0 Å². The van der Waals surface area contributed by atoms with Gasteiger partial charge in [-0.15, -0.1) is 0 Å². The van der Waals surface area contributed by atoms with Gasteiger partial charge >= 0.3 is 6.18 Å². The van der Waals surface area contributed by atoms with E-state index in [1.807, 2.05) is 0 Å². The molecule has 20 heavy (non-hydrogen) atoms. The van der Waals surface area contributed by atoms with Gasteiger partial charge < -0.3 is 0 Å². The van der Waals surface area contributed by atoms with Crippen LogP contribution in [0.3, 0.4) is 0 Å². The highest BCUT2D eigenvalue weighted by Gasteiger charge is 2.35. The van der Waals surface area contributed by atoms with Crippen molar-refractivity contribution in [3.05, 3.63) is 34.3 Å². The topological polar surface area (TPSA) is 17.1 Å². The first-order valence-electron chi connectivity index (χ1n) is 6.78. The van der Waals surface area contributed by atoms with Gasteiger partial charge in [-0.1, -0.05) is 37.3 Å². The number of hydrogen-bond acceptors (Lipinski definition) is 1. The number of carbonyl (C=O) groups excluding carboxylic acids is 1. The number of alkyl halides is 3. The Kier molecular flexibility index (Phi) is 4.74. The zero-order chi connectivity index (χ0) is 14.8. The molecule has 0 saturated heterocycles. The zero-order valence-electron chi connectivity index (χ0n) is 11.0. The van der Waals surface area contributed by atoms with Crippen LogP contribution in [0.4, 0.5) is 13.2 Å². The minimum atomic E-state index is -4.55. The third-order valence-electron chi connectivity index (χ3n) is 3.84. The van der Waals surface area contributed by atoms with Crippen LogP contribution in [0.25, 0.3) is 0 Å². The molecule has 0 N–H and O–H groups in total. The van der Waals surface area contributed by atoms with E-state index in [9.17, 15) is 18.0 Å². The molecule has 0 amide bonds. The number of hydrogen-bond donors (Lipinski definition) is 0. The van der Waals surface area contributed by atoms with E-state index < -0.39 is 17.5 Å². The first-order valence-corrected chi connectivity index (χ1v) is 7.15. The van der Waals surface area contributed by atoms with Gasteiger partial charge in [0.25, 0.3) is 0 Å². The van der Waals surface area contributed by atoms with E-state index in [1.54, 1.807) is 0 Å². The van der Waals surface area contributed by atoms with E-state index in [1.165, 1.54) is 12.1 Å². The lowest BCUT2D eigenvalue weighted by molar-refractivity contribution is -0.137. The minimum Gasteiger partial charge on any atom is -0.294 e. The van der Waals surface area contributed by atoms with Gasteiger partial charge in [0.05, 0.1) is 5.56 Å². The van der Waals surface area contributed by atoms with Crippen molar-refractivity contribution in [3.8, 4) is 0 Å². The Morgan fingerprint density at radius 2 is 1.90 bits per heavy atom. The standard InChI is InChI=1S/C15H16ClF3O/c16-11-6-7-12(13(9-11)15(17,18)19)14(20)8-5-10-3-1-2-4-10/h6-7,9-10H,1-5,8H2. The second-order valence-electron chi connectivity index (χ2n) is 5.30. The van der Waals surface area contributed by atoms with E-state index in [-0.39, 0.29) is 17.0 Å². The van der Waals surface area contributed by atoms with E-state index >= 15 is 0 Å². The van der Waals surface area contributed by atoms with Gasteiger partial charge in [0.2, 0.25) is 0 Å². The highest BCUT2D eigenvalue weighted by molar-refractivity contribution is 6.30. The van der Waals surface area contributed by atoms with E-state index in [2.05, 4.69) is 0 Å². The van der Waals surface area contributed by atoms with Crippen LogP contribution in [0.5, 0.6) is 0 Å². The summed E-state index contributed by atoms with van der Waals surface area (Å²) in [6.45, 7) is 0. The Bertz CT molecular complexity index is 490. The highest BCUT2D eigenvalue weighted by Crippen LogP contribution is 2.35. The summed E-state index contributed by atoms with van der Waals surface area (Å²) in [5, 5.41) is -0.00957. The maximum atomic E-state index is 12.9. The third kappa shape index (κ3) is 3.75. The molecule has 2 rings (SSSR count). The highest BCUT2D eigenvalue weighted by atomic mass is 35.5. The molecule has 0 radical (unpaired) electrons. The van der Waals surface area contributed by atoms with Crippen LogP contribution in [0.1, 0.15) is 54.4 Å². The zero-order valence-corrected chi connectivity index (χ0v) is 11.7. The van der Waals surface area contributed by atoms with Gasteiger partial charge in [-0.25, -0.2) is 0 Å². The fourth-order valence-electron chi connectivity index (χ4n) is 2.76. The lowest BCUT2D eigenvalue weighted by atomic mass is 9.95. The second kappa shape index (κ2) is 6.17. The summed E-state index contributed by atoms with van der Waals surface area (Å²) < 4.78 is 38.8. The lowest BCUT2D eigenvalue weighted by Crippen LogP contribution is -2.13. The third-order valence-corrected chi connectivity index (χ3v) is 4.08. The van der Waals surface area contributed by atoms with Crippen LogP contribution in [0, 0.1) is 5.92 Å². The summed E-state index contributed by atoms with van der Waals surface area (Å²) >= 11 is 5.60. The summed E-state index contributed by atoms with van der Waals surface area (Å²) in [5.74, 6) is 0.0430. The van der Waals surface area contributed by atoms with Gasteiger partial charge in [0.15, 0.2) is 5.78 Å². The molecule has 1 nitrogen and oxygen atoms in total. The van der Waals surface area contributed by atoms with Crippen LogP contribution >= 0.6 is 11.6 Å². The van der Waals surface area contributed by atoms with Crippen molar-refractivity contribution >= 4 is 17.4 Å². The Hall–Kier alpha value is -1.03. The van der Waals surface area contributed by atoms with Crippen molar-refractivity contribution in [1.82, 2.24) is 0 Å². The van der Waals surface area contributed by atoms with Crippen LogP contribution in [0.2, 0.25) is 5.02 Å². The molecule has 0 aliphatic heterocycles. The molecule has 0 aromatic heterocycles.